The number of anilines is 1. The Kier molecular flexibility index (Phi) is 3.23. The van der Waals surface area contributed by atoms with E-state index in [9.17, 15) is 4.79 Å². The number of nitrogens with zero attached hydrogens (tertiary/aromatic N) is 1. The van der Waals surface area contributed by atoms with Gasteiger partial charge in [-0.15, -0.1) is 11.3 Å². The molecule has 0 N–H and O–H groups in total. The van der Waals surface area contributed by atoms with Gasteiger partial charge in [0.1, 0.15) is 0 Å². The van der Waals surface area contributed by atoms with Crippen LogP contribution in [0.3, 0.4) is 0 Å². The molecule has 0 saturated carbocycles. The maximum Gasteiger partial charge on any atom is 0.234 e. The molecule has 2 aromatic rings. The van der Waals surface area contributed by atoms with Gasteiger partial charge in [-0.25, -0.2) is 0 Å². The Labute approximate surface area is 125 Å². The van der Waals surface area contributed by atoms with Gasteiger partial charge in [-0.2, -0.15) is 0 Å². The van der Waals surface area contributed by atoms with Gasteiger partial charge in [-0.05, 0) is 54.1 Å². The van der Waals surface area contributed by atoms with E-state index < -0.39 is 0 Å². The van der Waals surface area contributed by atoms with Crippen LogP contribution < -0.4 is 4.90 Å². The second kappa shape index (κ2) is 4.76. The molecule has 4 heteroatoms. The second-order valence-corrected chi connectivity index (χ2v) is 6.80. The van der Waals surface area contributed by atoms with Crippen molar-refractivity contribution in [1.29, 1.82) is 0 Å². The van der Waals surface area contributed by atoms with Crippen molar-refractivity contribution in [3.8, 4) is 0 Å². The number of rotatable bonds is 2. The Morgan fingerprint density at radius 2 is 2.16 bits per heavy atom. The number of carbonyl (C=O) groups excluding carboxylic acids is 1. The first kappa shape index (κ1) is 12.9. The summed E-state index contributed by atoms with van der Waals surface area (Å²) in [6, 6.07) is 8.19. The zero-order chi connectivity index (χ0) is 13.6. The van der Waals surface area contributed by atoms with Gasteiger partial charge < -0.3 is 4.90 Å². The number of hydrogen-bond donors (Lipinski definition) is 0. The van der Waals surface area contributed by atoms with Crippen LogP contribution in [0.25, 0.3) is 0 Å². The zero-order valence-electron chi connectivity index (χ0n) is 10.8. The first-order valence-electron chi connectivity index (χ1n) is 6.18. The van der Waals surface area contributed by atoms with E-state index in [4.69, 9.17) is 0 Å². The molecule has 3 rings (SSSR count). The summed E-state index contributed by atoms with van der Waals surface area (Å²) in [7, 11) is 1.86. The lowest BCUT2D eigenvalue weighted by molar-refractivity contribution is -0.119. The number of fused-ring (bicyclic) bond motifs is 1. The average Bonchev–Trinajstić information content (AvgIpc) is 2.88. The fourth-order valence-corrected chi connectivity index (χ4v) is 3.92. The fourth-order valence-electron chi connectivity index (χ4n) is 2.59. The van der Waals surface area contributed by atoms with Crippen LogP contribution in [0.5, 0.6) is 0 Å². The topological polar surface area (TPSA) is 20.3 Å². The first-order chi connectivity index (χ1) is 9.08. The van der Waals surface area contributed by atoms with Crippen LogP contribution in [0.15, 0.2) is 34.1 Å². The first-order valence-corrected chi connectivity index (χ1v) is 7.85. The minimum atomic E-state index is -0.0464. The Hall–Kier alpha value is -1.13. The lowest BCUT2D eigenvalue weighted by atomic mass is 9.95. The van der Waals surface area contributed by atoms with Crippen LogP contribution in [0.2, 0.25) is 0 Å². The van der Waals surface area contributed by atoms with E-state index in [0.29, 0.717) is 0 Å². The standard InChI is InChI=1S/C15H14BrNOS/c1-9-5-6-19-14(9)8-12-11-7-10(16)3-4-13(11)17(2)15(12)18/h3-7,12H,8H2,1-2H3/t12-/m1/s1. The Balaban J connectivity index is 2.01. The smallest absolute Gasteiger partial charge is 0.234 e. The summed E-state index contributed by atoms with van der Waals surface area (Å²) in [5.41, 5.74) is 3.45. The van der Waals surface area contributed by atoms with Gasteiger partial charge in [0.25, 0.3) is 0 Å². The Morgan fingerprint density at radius 1 is 1.37 bits per heavy atom. The molecule has 0 unspecified atom stereocenters. The van der Waals surface area contributed by atoms with E-state index in [1.807, 2.05) is 19.2 Å². The second-order valence-electron chi connectivity index (χ2n) is 4.88. The van der Waals surface area contributed by atoms with Crippen LogP contribution in [-0.4, -0.2) is 13.0 Å². The number of carbonyl (C=O) groups is 1. The third-order valence-corrected chi connectivity index (χ3v) is 5.25. The quantitative estimate of drug-likeness (QED) is 0.808. The van der Waals surface area contributed by atoms with Crippen molar-refractivity contribution in [3.63, 3.8) is 0 Å². The van der Waals surface area contributed by atoms with Crippen molar-refractivity contribution in [1.82, 2.24) is 0 Å². The van der Waals surface area contributed by atoms with Crippen LogP contribution in [0, 0.1) is 6.92 Å². The van der Waals surface area contributed by atoms with Gasteiger partial charge in [0.15, 0.2) is 0 Å². The van der Waals surface area contributed by atoms with Crippen LogP contribution in [0.4, 0.5) is 5.69 Å². The summed E-state index contributed by atoms with van der Waals surface area (Å²) in [6.45, 7) is 2.11. The van der Waals surface area contributed by atoms with Gasteiger partial charge in [-0.1, -0.05) is 15.9 Å². The molecule has 1 aliphatic heterocycles. The van der Waals surface area contributed by atoms with Gasteiger partial charge >= 0.3 is 0 Å². The largest absolute Gasteiger partial charge is 0.315 e. The highest BCUT2D eigenvalue weighted by Gasteiger charge is 2.35. The molecular formula is C15H14BrNOS. The van der Waals surface area contributed by atoms with Gasteiger partial charge in [-0.3, -0.25) is 4.79 Å². The monoisotopic (exact) mass is 335 g/mol. The highest BCUT2D eigenvalue weighted by Crippen LogP contribution is 2.40. The number of aryl methyl sites for hydroxylation is 1. The molecule has 2 nitrogen and oxygen atoms in total. The highest BCUT2D eigenvalue weighted by atomic mass is 79.9. The third-order valence-electron chi connectivity index (χ3n) is 3.71. The molecule has 1 aliphatic rings. The summed E-state index contributed by atoms with van der Waals surface area (Å²) in [5.74, 6) is 0.149. The molecule has 98 valence electrons. The van der Waals surface area contributed by atoms with E-state index in [-0.39, 0.29) is 11.8 Å². The highest BCUT2D eigenvalue weighted by molar-refractivity contribution is 9.10. The molecule has 0 fully saturated rings. The van der Waals surface area contributed by atoms with Crippen molar-refractivity contribution >= 4 is 38.9 Å². The average molecular weight is 336 g/mol. The van der Waals surface area contributed by atoms with E-state index in [0.717, 1.165) is 22.1 Å². The maximum atomic E-state index is 12.4. The minimum Gasteiger partial charge on any atom is -0.315 e. The normalized spacial score (nSPS) is 17.9. The SMILES string of the molecule is Cc1ccsc1C[C@H]1C(=O)N(C)c2ccc(Br)cc21. The van der Waals surface area contributed by atoms with Crippen LogP contribution >= 0.6 is 27.3 Å². The predicted molar refractivity (Wildman–Crippen MR) is 83.1 cm³/mol. The molecule has 0 bridgehead atoms. The lowest BCUT2D eigenvalue weighted by Crippen LogP contribution is -2.24. The number of hydrogen-bond acceptors (Lipinski definition) is 2. The molecule has 0 spiro atoms. The molecule has 0 saturated heterocycles. The Morgan fingerprint density at radius 3 is 2.84 bits per heavy atom. The van der Waals surface area contributed by atoms with Crippen molar-refractivity contribution in [3.05, 3.63) is 50.1 Å². The number of amides is 1. The number of benzene rings is 1. The summed E-state index contributed by atoms with van der Waals surface area (Å²) >= 11 is 5.23. The molecule has 0 aliphatic carbocycles. The predicted octanol–water partition coefficient (Wildman–Crippen LogP) is 4.12. The number of thiophene rings is 1. The number of likely N-dealkylation sites (N-methyl/N-ethyl adjacent to an activating group) is 1. The van der Waals surface area contributed by atoms with Crippen molar-refractivity contribution in [2.24, 2.45) is 0 Å². The minimum absolute atomic E-state index is 0.0464. The summed E-state index contributed by atoms with van der Waals surface area (Å²) in [4.78, 5) is 15.5. The molecule has 1 aromatic carbocycles. The molecule has 1 amide bonds. The van der Waals surface area contributed by atoms with Crippen molar-refractivity contribution < 1.29 is 4.79 Å². The van der Waals surface area contributed by atoms with Gasteiger partial charge in [0.2, 0.25) is 5.91 Å². The molecule has 1 atom stereocenters. The molecule has 0 radical (unpaired) electrons. The van der Waals surface area contributed by atoms with Gasteiger partial charge in [0, 0.05) is 22.1 Å². The van der Waals surface area contributed by atoms with E-state index >= 15 is 0 Å². The Bertz CT molecular complexity index is 649. The van der Waals surface area contributed by atoms with Crippen LogP contribution in [0.1, 0.15) is 21.9 Å². The molecule has 1 aromatic heterocycles. The fraction of sp³-hybridized carbons (Fsp3) is 0.267. The van der Waals surface area contributed by atoms with Crippen molar-refractivity contribution in [2.75, 3.05) is 11.9 Å². The lowest BCUT2D eigenvalue weighted by Gasteiger charge is -2.10. The summed E-state index contributed by atoms with van der Waals surface area (Å²) < 4.78 is 1.03. The van der Waals surface area contributed by atoms with Gasteiger partial charge in [0.05, 0.1) is 5.92 Å². The van der Waals surface area contributed by atoms with E-state index in [2.05, 4.69) is 40.4 Å². The maximum absolute atomic E-state index is 12.4. The van der Waals surface area contributed by atoms with E-state index in [1.165, 1.54) is 10.4 Å². The third kappa shape index (κ3) is 2.13. The summed E-state index contributed by atoms with van der Waals surface area (Å²) in [6.07, 6.45) is 0.802. The molecule has 2 heterocycles. The van der Waals surface area contributed by atoms with E-state index in [1.54, 1.807) is 16.2 Å². The van der Waals surface area contributed by atoms with Crippen molar-refractivity contribution in [2.45, 2.75) is 19.3 Å². The van der Waals surface area contributed by atoms with Crippen LogP contribution in [-0.2, 0) is 11.2 Å². The zero-order valence-corrected chi connectivity index (χ0v) is 13.2. The summed E-state index contributed by atoms with van der Waals surface area (Å²) in [5, 5.41) is 2.09. The molecular weight excluding hydrogens is 322 g/mol. The molecule has 19 heavy (non-hydrogen) atoms. The number of halogens is 1.